The number of amides is 1. The number of sulfonamides is 1. The second-order valence-corrected chi connectivity index (χ2v) is 11.4. The fourth-order valence-electron chi connectivity index (χ4n) is 4.04. The highest BCUT2D eigenvalue weighted by Gasteiger charge is 2.32. The number of aromatic nitrogens is 3. The van der Waals surface area contributed by atoms with E-state index in [1.807, 2.05) is 6.92 Å². The monoisotopic (exact) mass is 536 g/mol. The van der Waals surface area contributed by atoms with Crippen molar-refractivity contribution in [1.82, 2.24) is 24.2 Å². The summed E-state index contributed by atoms with van der Waals surface area (Å²) in [6.07, 6.45) is -0.0236. The number of non-ortho nitro benzene ring substituents is 1. The van der Waals surface area contributed by atoms with Crippen molar-refractivity contribution in [3.8, 4) is 0 Å². The lowest BCUT2D eigenvalue weighted by Gasteiger charge is -2.35. The van der Waals surface area contributed by atoms with Gasteiger partial charge >= 0.3 is 6.09 Å². The maximum absolute atomic E-state index is 13.1. The third-order valence-electron chi connectivity index (χ3n) is 5.63. The minimum Gasteiger partial charge on any atom is -0.465 e. The summed E-state index contributed by atoms with van der Waals surface area (Å²) in [6, 6.07) is 4.62. The lowest BCUT2D eigenvalue weighted by atomic mass is 10.2. The van der Waals surface area contributed by atoms with Crippen molar-refractivity contribution in [2.75, 3.05) is 43.4 Å². The Bertz CT molecular complexity index is 1400. The van der Waals surface area contributed by atoms with Gasteiger partial charge in [-0.15, -0.1) is 0 Å². The topological polar surface area (TPSA) is 184 Å². The van der Waals surface area contributed by atoms with Crippen LogP contribution in [-0.2, 0) is 10.0 Å². The van der Waals surface area contributed by atoms with E-state index in [9.17, 15) is 23.3 Å². The summed E-state index contributed by atoms with van der Waals surface area (Å²) < 4.78 is 27.6. The molecule has 1 aliphatic heterocycles. The lowest BCUT2D eigenvalue weighted by Crippen LogP contribution is -2.50. The van der Waals surface area contributed by atoms with Crippen LogP contribution in [0.3, 0.4) is 0 Å². The van der Waals surface area contributed by atoms with Crippen molar-refractivity contribution >= 4 is 55.0 Å². The molecule has 1 amide bonds. The summed E-state index contributed by atoms with van der Waals surface area (Å²) in [5.41, 5.74) is 0.414. The first-order valence-electron chi connectivity index (χ1n) is 10.9. The quantitative estimate of drug-likeness (QED) is 0.283. The maximum Gasteiger partial charge on any atom is 0.410 e. The van der Waals surface area contributed by atoms with E-state index in [2.05, 4.69) is 30.5 Å². The van der Waals surface area contributed by atoms with Crippen molar-refractivity contribution in [3.05, 3.63) is 40.3 Å². The Morgan fingerprint density at radius 2 is 2.00 bits per heavy atom. The van der Waals surface area contributed by atoms with Crippen LogP contribution < -0.4 is 10.6 Å². The molecule has 1 aliphatic rings. The molecule has 2 aromatic heterocycles. The van der Waals surface area contributed by atoms with Crippen LogP contribution in [0, 0.1) is 17.0 Å². The number of anilines is 2. The highest BCUT2D eigenvalue weighted by Crippen LogP contribution is 2.30. The van der Waals surface area contributed by atoms with Crippen LogP contribution in [0.15, 0.2) is 28.7 Å². The minimum absolute atomic E-state index is 0.0136. The predicted molar refractivity (Wildman–Crippen MR) is 133 cm³/mol. The number of piperazine rings is 1. The van der Waals surface area contributed by atoms with Crippen LogP contribution in [0.25, 0.3) is 10.9 Å². The van der Waals surface area contributed by atoms with Crippen LogP contribution in [0.2, 0.25) is 0 Å². The first-order valence-corrected chi connectivity index (χ1v) is 13.2. The van der Waals surface area contributed by atoms with Crippen molar-refractivity contribution in [2.45, 2.75) is 24.1 Å². The van der Waals surface area contributed by atoms with Crippen molar-refractivity contribution < 1.29 is 23.2 Å². The smallest absolute Gasteiger partial charge is 0.410 e. The molecule has 16 heteroatoms. The number of carboxylic acid groups (broad SMARTS) is 1. The Morgan fingerprint density at radius 1 is 1.28 bits per heavy atom. The van der Waals surface area contributed by atoms with Crippen molar-refractivity contribution in [3.63, 3.8) is 0 Å². The number of rotatable bonds is 8. The molecular weight excluding hydrogens is 512 g/mol. The molecule has 0 bridgehead atoms. The number of hydrogen-bond donors (Lipinski definition) is 3. The standard InChI is InChI=1S/C20H24N8O6S2/c1-12(23-17-14-4-3-5-15(28(31)32)16(14)21-11-22-17)10-26-6-8-27(9-7-26)36(33,34)18-13(2)24-19(35-18)25-20(29)30/h3-5,11-12H,6-10H2,1-2H3,(H,24,25)(H,29,30)(H,21,22,23)/t12-/m0/s1. The Hall–Kier alpha value is -3.47. The molecule has 3 heterocycles. The molecule has 192 valence electrons. The minimum atomic E-state index is -3.80. The number of nitrogens with zero attached hydrogens (tertiary/aromatic N) is 6. The van der Waals surface area contributed by atoms with Crippen molar-refractivity contribution in [1.29, 1.82) is 0 Å². The summed E-state index contributed by atoms with van der Waals surface area (Å²) in [4.78, 5) is 36.1. The first kappa shape index (κ1) is 25.6. The Labute approximate surface area is 210 Å². The normalized spacial score (nSPS) is 16.1. The first-order chi connectivity index (χ1) is 17.1. The maximum atomic E-state index is 13.1. The van der Waals surface area contributed by atoms with E-state index in [0.717, 1.165) is 11.3 Å². The van der Waals surface area contributed by atoms with Gasteiger partial charge in [0.1, 0.15) is 12.1 Å². The highest BCUT2D eigenvalue weighted by molar-refractivity contribution is 7.91. The molecule has 1 fully saturated rings. The molecule has 3 aromatic rings. The van der Waals surface area contributed by atoms with Crippen LogP contribution in [0.1, 0.15) is 12.6 Å². The Balaban J connectivity index is 1.38. The van der Waals surface area contributed by atoms with E-state index in [0.29, 0.717) is 30.8 Å². The number of carbonyl (C=O) groups is 1. The van der Waals surface area contributed by atoms with Gasteiger partial charge in [0, 0.05) is 50.2 Å². The zero-order valence-corrected chi connectivity index (χ0v) is 21.0. The second-order valence-electron chi connectivity index (χ2n) is 8.22. The van der Waals surface area contributed by atoms with Crippen LogP contribution in [0.5, 0.6) is 0 Å². The zero-order chi connectivity index (χ0) is 26.0. The van der Waals surface area contributed by atoms with Gasteiger partial charge in [-0.2, -0.15) is 4.31 Å². The van der Waals surface area contributed by atoms with Gasteiger partial charge in [0.15, 0.2) is 14.9 Å². The summed E-state index contributed by atoms with van der Waals surface area (Å²) in [5, 5.41) is 26.1. The fourth-order valence-corrected chi connectivity index (χ4v) is 7.00. The van der Waals surface area contributed by atoms with E-state index in [1.54, 1.807) is 12.1 Å². The summed E-state index contributed by atoms with van der Waals surface area (Å²) in [7, 11) is -3.80. The number of para-hydroxylation sites is 1. The summed E-state index contributed by atoms with van der Waals surface area (Å²) in [5.74, 6) is 0.490. The third-order valence-corrected chi connectivity index (χ3v) is 9.19. The Kier molecular flexibility index (Phi) is 7.30. The van der Waals surface area contributed by atoms with Crippen molar-refractivity contribution in [2.24, 2.45) is 0 Å². The lowest BCUT2D eigenvalue weighted by molar-refractivity contribution is -0.383. The summed E-state index contributed by atoms with van der Waals surface area (Å²) >= 11 is 0.794. The molecule has 14 nitrogen and oxygen atoms in total. The van der Waals surface area contributed by atoms with E-state index in [-0.39, 0.29) is 45.4 Å². The molecular formula is C20H24N8O6S2. The SMILES string of the molecule is Cc1nc(NC(=O)O)sc1S(=O)(=O)N1CCN(C[C@H](C)Nc2ncnc3c([N+](=O)[O-])cccc23)CC1. The second kappa shape index (κ2) is 10.3. The number of nitro benzene ring substituents is 1. The molecule has 1 saturated heterocycles. The van der Waals surface area contributed by atoms with Gasteiger partial charge in [0.25, 0.3) is 15.7 Å². The van der Waals surface area contributed by atoms with Gasteiger partial charge in [0.2, 0.25) is 0 Å². The van der Waals surface area contributed by atoms with Gasteiger partial charge in [-0.1, -0.05) is 17.4 Å². The van der Waals surface area contributed by atoms with Gasteiger partial charge in [-0.25, -0.2) is 28.2 Å². The number of nitro groups is 1. The molecule has 0 aliphatic carbocycles. The zero-order valence-electron chi connectivity index (χ0n) is 19.4. The molecule has 0 spiro atoms. The van der Waals surface area contributed by atoms with Gasteiger partial charge in [-0.3, -0.25) is 20.3 Å². The molecule has 36 heavy (non-hydrogen) atoms. The van der Waals surface area contributed by atoms with E-state index in [4.69, 9.17) is 5.11 Å². The van der Waals surface area contributed by atoms with Crippen LogP contribution in [-0.4, -0.2) is 87.5 Å². The number of hydrogen-bond acceptors (Lipinski definition) is 11. The van der Waals surface area contributed by atoms with Crippen LogP contribution in [0.4, 0.5) is 21.4 Å². The van der Waals surface area contributed by atoms with E-state index < -0.39 is 21.0 Å². The average molecular weight is 537 g/mol. The fraction of sp³-hybridized carbons (Fsp3) is 0.400. The van der Waals surface area contributed by atoms with E-state index in [1.165, 1.54) is 23.6 Å². The molecule has 4 rings (SSSR count). The number of aryl methyl sites for hydroxylation is 1. The van der Waals surface area contributed by atoms with Gasteiger partial charge < -0.3 is 10.4 Å². The predicted octanol–water partition coefficient (Wildman–Crippen LogP) is 2.20. The largest absolute Gasteiger partial charge is 0.465 e. The number of thiazole rings is 1. The average Bonchev–Trinajstić information content (AvgIpc) is 3.19. The molecule has 1 atom stereocenters. The van der Waals surface area contributed by atoms with Gasteiger partial charge in [-0.05, 0) is 19.9 Å². The van der Waals surface area contributed by atoms with Crippen LogP contribution >= 0.6 is 11.3 Å². The Morgan fingerprint density at radius 3 is 2.67 bits per heavy atom. The third kappa shape index (κ3) is 5.35. The number of fused-ring (bicyclic) bond motifs is 1. The molecule has 0 unspecified atom stereocenters. The number of benzene rings is 1. The highest BCUT2D eigenvalue weighted by atomic mass is 32.2. The molecule has 1 aromatic carbocycles. The summed E-state index contributed by atoms with van der Waals surface area (Å²) in [6.45, 7) is 5.63. The molecule has 3 N–H and O–H groups in total. The molecule has 0 saturated carbocycles. The molecule has 0 radical (unpaired) electrons. The van der Waals surface area contributed by atoms with E-state index >= 15 is 0 Å². The number of nitrogens with one attached hydrogen (secondary N) is 2. The van der Waals surface area contributed by atoms with Gasteiger partial charge in [0.05, 0.1) is 10.6 Å².